The fourth-order valence-corrected chi connectivity index (χ4v) is 4.95. The number of aromatic nitrogens is 2. The minimum Gasteiger partial charge on any atom is -0.466 e. The summed E-state index contributed by atoms with van der Waals surface area (Å²) in [5.41, 5.74) is 5.05. The van der Waals surface area contributed by atoms with E-state index >= 15 is 0 Å². The van der Waals surface area contributed by atoms with Crippen molar-refractivity contribution in [3.8, 4) is 0 Å². The van der Waals surface area contributed by atoms with Crippen LogP contribution in [-0.4, -0.2) is 46.0 Å². The van der Waals surface area contributed by atoms with Crippen LogP contribution in [0.4, 0.5) is 0 Å². The maximum Gasteiger partial charge on any atom is 0.310 e. The number of fused-ring (bicyclic) bond motifs is 1. The van der Waals surface area contributed by atoms with Gasteiger partial charge in [-0.15, -0.1) is 0 Å². The zero-order valence-corrected chi connectivity index (χ0v) is 20.6. The molecule has 1 aliphatic heterocycles. The number of hydrogen-bond acceptors (Lipinski definition) is 4. The van der Waals surface area contributed by atoms with Crippen LogP contribution < -0.4 is 0 Å². The summed E-state index contributed by atoms with van der Waals surface area (Å²) in [5.74, 6) is 0.540. The number of imidazole rings is 1. The quantitative estimate of drug-likeness (QED) is 0.345. The van der Waals surface area contributed by atoms with Gasteiger partial charge in [-0.3, -0.25) is 9.59 Å². The van der Waals surface area contributed by atoms with Crippen LogP contribution in [0.15, 0.2) is 78.9 Å². The van der Waals surface area contributed by atoms with E-state index < -0.39 is 0 Å². The number of benzene rings is 3. The molecule has 36 heavy (non-hydrogen) atoms. The number of carbonyl (C=O) groups excluding carboxylic acids is 2. The number of likely N-dealkylation sites (tertiary alicyclic amines) is 1. The lowest BCUT2D eigenvalue weighted by Crippen LogP contribution is -2.42. The fraction of sp³-hybridized carbons (Fsp3) is 0.300. The highest BCUT2D eigenvalue weighted by Gasteiger charge is 2.29. The van der Waals surface area contributed by atoms with Gasteiger partial charge in [-0.25, -0.2) is 4.98 Å². The van der Waals surface area contributed by atoms with Crippen LogP contribution in [0.5, 0.6) is 0 Å². The lowest BCUT2D eigenvalue weighted by Gasteiger charge is -2.31. The molecule has 3 aromatic carbocycles. The Bertz CT molecular complexity index is 1350. The van der Waals surface area contributed by atoms with Crippen molar-refractivity contribution in [2.45, 2.75) is 32.7 Å². The molecular formula is C30H31N3O3. The first kappa shape index (κ1) is 23.8. The summed E-state index contributed by atoms with van der Waals surface area (Å²) in [7, 11) is 0. The Labute approximate surface area is 211 Å². The van der Waals surface area contributed by atoms with Gasteiger partial charge in [-0.2, -0.15) is 0 Å². The molecule has 1 fully saturated rings. The van der Waals surface area contributed by atoms with Crippen LogP contribution in [0, 0.1) is 5.92 Å². The largest absolute Gasteiger partial charge is 0.466 e. The third kappa shape index (κ3) is 5.18. The Morgan fingerprint density at radius 1 is 0.944 bits per heavy atom. The fourth-order valence-electron chi connectivity index (χ4n) is 4.95. The van der Waals surface area contributed by atoms with E-state index in [1.165, 1.54) is 5.56 Å². The molecule has 184 valence electrons. The lowest BCUT2D eigenvalue weighted by molar-refractivity contribution is -0.149. The Morgan fingerprint density at radius 3 is 2.47 bits per heavy atom. The molecule has 6 nitrogen and oxygen atoms in total. The van der Waals surface area contributed by atoms with E-state index in [1.807, 2.05) is 55.5 Å². The number of rotatable bonds is 7. The standard InChI is InChI=1S/C30H31N3O3/c1-2-36-30(35)25-11-8-18-32(21-25)29(34)24-16-14-23(15-17-24)20-33-27-13-7-6-12-26(27)31-28(33)19-22-9-4-3-5-10-22/h3-7,9-10,12-17,25H,2,8,11,18-21H2,1H3/t25-/m0/s1. The predicted octanol–water partition coefficient (Wildman–Crippen LogP) is 5.09. The van der Waals surface area contributed by atoms with Gasteiger partial charge >= 0.3 is 5.97 Å². The van der Waals surface area contributed by atoms with Crippen molar-refractivity contribution >= 4 is 22.9 Å². The number of carbonyl (C=O) groups is 2. The first-order chi connectivity index (χ1) is 17.6. The lowest BCUT2D eigenvalue weighted by atomic mass is 9.97. The highest BCUT2D eigenvalue weighted by Crippen LogP contribution is 2.22. The first-order valence-corrected chi connectivity index (χ1v) is 12.7. The molecule has 0 saturated carbocycles. The topological polar surface area (TPSA) is 64.4 Å². The van der Waals surface area contributed by atoms with Gasteiger partial charge < -0.3 is 14.2 Å². The van der Waals surface area contributed by atoms with Crippen molar-refractivity contribution in [1.82, 2.24) is 14.5 Å². The van der Waals surface area contributed by atoms with Crippen LogP contribution in [0.1, 0.15) is 47.1 Å². The molecule has 0 aliphatic carbocycles. The molecule has 1 aromatic heterocycles. The van der Waals surface area contributed by atoms with Gasteiger partial charge in [-0.1, -0.05) is 54.6 Å². The van der Waals surface area contributed by atoms with Crippen LogP contribution in [0.25, 0.3) is 11.0 Å². The molecule has 5 rings (SSSR count). The summed E-state index contributed by atoms with van der Waals surface area (Å²) in [5, 5.41) is 0. The van der Waals surface area contributed by atoms with Crippen molar-refractivity contribution in [1.29, 1.82) is 0 Å². The van der Waals surface area contributed by atoms with Gasteiger partial charge in [0, 0.05) is 31.6 Å². The molecule has 2 heterocycles. The summed E-state index contributed by atoms with van der Waals surface area (Å²) < 4.78 is 7.43. The smallest absolute Gasteiger partial charge is 0.310 e. The third-order valence-electron chi connectivity index (χ3n) is 6.81. The summed E-state index contributed by atoms with van der Waals surface area (Å²) in [6, 6.07) is 26.4. The molecule has 0 bridgehead atoms. The number of nitrogens with zero attached hydrogens (tertiary/aromatic N) is 3. The Morgan fingerprint density at radius 2 is 1.69 bits per heavy atom. The molecule has 1 amide bonds. The summed E-state index contributed by atoms with van der Waals surface area (Å²) in [6.45, 7) is 3.93. The molecule has 1 aliphatic rings. The summed E-state index contributed by atoms with van der Waals surface area (Å²) in [4.78, 5) is 32.0. The van der Waals surface area contributed by atoms with E-state index in [4.69, 9.17) is 9.72 Å². The predicted molar refractivity (Wildman–Crippen MR) is 140 cm³/mol. The monoisotopic (exact) mass is 481 g/mol. The van der Waals surface area contributed by atoms with E-state index in [1.54, 1.807) is 4.90 Å². The van der Waals surface area contributed by atoms with Gasteiger partial charge in [0.2, 0.25) is 0 Å². The van der Waals surface area contributed by atoms with E-state index in [2.05, 4.69) is 34.9 Å². The maximum absolute atomic E-state index is 13.1. The molecule has 4 aromatic rings. The van der Waals surface area contributed by atoms with E-state index in [9.17, 15) is 9.59 Å². The zero-order chi connectivity index (χ0) is 24.9. The highest BCUT2D eigenvalue weighted by molar-refractivity contribution is 5.94. The van der Waals surface area contributed by atoms with Crippen molar-refractivity contribution in [3.05, 3.63) is 101 Å². The first-order valence-electron chi connectivity index (χ1n) is 12.7. The van der Waals surface area contributed by atoms with Gasteiger partial charge in [-0.05, 0) is 55.2 Å². The molecule has 1 saturated heterocycles. The molecule has 6 heteroatoms. The van der Waals surface area contributed by atoms with Gasteiger partial charge in [0.05, 0.1) is 23.6 Å². The average molecular weight is 482 g/mol. The molecule has 0 N–H and O–H groups in total. The van der Waals surface area contributed by atoms with Gasteiger partial charge in [0.25, 0.3) is 5.91 Å². The highest BCUT2D eigenvalue weighted by atomic mass is 16.5. The molecule has 0 spiro atoms. The minimum absolute atomic E-state index is 0.0339. The number of esters is 1. The van der Waals surface area contributed by atoms with E-state index in [-0.39, 0.29) is 17.8 Å². The Balaban J connectivity index is 1.33. The van der Waals surface area contributed by atoms with E-state index in [0.717, 1.165) is 41.7 Å². The summed E-state index contributed by atoms with van der Waals surface area (Å²) in [6.07, 6.45) is 2.33. The molecule has 0 radical (unpaired) electrons. The Kier molecular flexibility index (Phi) is 7.12. The number of amides is 1. The molecule has 1 atom stereocenters. The van der Waals surface area contributed by atoms with Crippen LogP contribution in [0.2, 0.25) is 0 Å². The number of ether oxygens (including phenoxy) is 1. The second kappa shape index (κ2) is 10.8. The summed E-state index contributed by atoms with van der Waals surface area (Å²) >= 11 is 0. The minimum atomic E-state index is -0.237. The van der Waals surface area contributed by atoms with Gasteiger partial charge in [0.15, 0.2) is 0 Å². The third-order valence-corrected chi connectivity index (χ3v) is 6.81. The SMILES string of the molecule is CCOC(=O)[C@H]1CCCN(C(=O)c2ccc(Cn3c(Cc4ccccc4)nc4ccccc43)cc2)C1. The molecule has 0 unspecified atom stereocenters. The van der Waals surface area contributed by atoms with E-state index in [0.29, 0.717) is 31.8 Å². The number of para-hydroxylation sites is 2. The number of hydrogen-bond donors (Lipinski definition) is 0. The zero-order valence-electron chi connectivity index (χ0n) is 20.6. The normalized spacial score (nSPS) is 15.7. The van der Waals surface area contributed by atoms with Gasteiger partial charge in [0.1, 0.15) is 5.82 Å². The average Bonchev–Trinajstić information content (AvgIpc) is 3.26. The number of piperidine rings is 1. The second-order valence-corrected chi connectivity index (χ2v) is 9.30. The molecular weight excluding hydrogens is 450 g/mol. The van der Waals surface area contributed by atoms with Crippen LogP contribution in [-0.2, 0) is 22.5 Å². The van der Waals surface area contributed by atoms with Crippen molar-refractivity contribution in [3.63, 3.8) is 0 Å². The van der Waals surface area contributed by atoms with Crippen molar-refractivity contribution in [2.24, 2.45) is 5.92 Å². The maximum atomic E-state index is 13.1. The second-order valence-electron chi connectivity index (χ2n) is 9.30. The Hall–Kier alpha value is -3.93. The van der Waals surface area contributed by atoms with Crippen LogP contribution in [0.3, 0.4) is 0 Å². The van der Waals surface area contributed by atoms with Crippen LogP contribution >= 0.6 is 0 Å². The van der Waals surface area contributed by atoms with Crippen molar-refractivity contribution in [2.75, 3.05) is 19.7 Å². The van der Waals surface area contributed by atoms with Crippen molar-refractivity contribution < 1.29 is 14.3 Å².